The van der Waals surface area contributed by atoms with Gasteiger partial charge in [-0.1, -0.05) is 0 Å². The van der Waals surface area contributed by atoms with Crippen molar-refractivity contribution in [2.45, 2.75) is 18.9 Å². The van der Waals surface area contributed by atoms with E-state index in [0.29, 0.717) is 12.1 Å². The predicted molar refractivity (Wildman–Crippen MR) is 129 cm³/mol. The number of nitrogens with zero attached hydrogens (tertiary/aromatic N) is 4. The number of hydrogen-bond acceptors (Lipinski definition) is 7. The molecule has 202 valence electrons. The zero-order valence-corrected chi connectivity index (χ0v) is 20.1. The highest BCUT2D eigenvalue weighted by molar-refractivity contribution is 6.16. The SMILES string of the molecule is NC(=O)C1(C(=O)N(c2ccc(F)cc2)c2cc(F)c(Oc3cc(NC(=O)N4CC(O)C4)ncn3)cc2F)CC1. The molecule has 11 nitrogen and oxygen atoms in total. The first-order valence-corrected chi connectivity index (χ1v) is 11.7. The normalized spacial score (nSPS) is 15.7. The Morgan fingerprint density at radius 3 is 2.36 bits per heavy atom. The lowest BCUT2D eigenvalue weighted by Gasteiger charge is -2.35. The van der Waals surface area contributed by atoms with E-state index in [1.165, 1.54) is 23.1 Å². The summed E-state index contributed by atoms with van der Waals surface area (Å²) in [6.45, 7) is 0.324. The van der Waals surface area contributed by atoms with Gasteiger partial charge in [-0.05, 0) is 37.1 Å². The predicted octanol–water partition coefficient (Wildman–Crippen LogP) is 2.82. The van der Waals surface area contributed by atoms with Crippen molar-refractivity contribution in [2.75, 3.05) is 23.3 Å². The Morgan fingerprint density at radius 1 is 1.05 bits per heavy atom. The van der Waals surface area contributed by atoms with Crippen LogP contribution in [0.4, 0.5) is 35.2 Å². The highest BCUT2D eigenvalue weighted by Crippen LogP contribution is 2.49. The Balaban J connectivity index is 1.42. The van der Waals surface area contributed by atoms with Crippen LogP contribution in [-0.2, 0) is 9.59 Å². The summed E-state index contributed by atoms with van der Waals surface area (Å²) in [6, 6.07) is 6.45. The van der Waals surface area contributed by atoms with E-state index in [9.17, 15) is 23.9 Å². The molecular weight excluding hydrogens is 521 g/mol. The van der Waals surface area contributed by atoms with Gasteiger partial charge in [0, 0.05) is 23.9 Å². The Kier molecular flexibility index (Phi) is 6.56. The lowest BCUT2D eigenvalue weighted by atomic mass is 10.0. The first-order valence-electron chi connectivity index (χ1n) is 11.7. The third kappa shape index (κ3) is 5.05. The van der Waals surface area contributed by atoms with Gasteiger partial charge >= 0.3 is 6.03 Å². The lowest BCUT2D eigenvalue weighted by Crippen LogP contribution is -2.54. The van der Waals surface area contributed by atoms with Crippen LogP contribution in [0, 0.1) is 22.9 Å². The topological polar surface area (TPSA) is 151 Å². The average molecular weight is 542 g/mol. The van der Waals surface area contributed by atoms with Gasteiger partial charge in [-0.3, -0.25) is 19.8 Å². The minimum atomic E-state index is -1.58. The first kappa shape index (κ1) is 25.9. The number of nitrogens with two attached hydrogens (primary N) is 1. The van der Waals surface area contributed by atoms with Gasteiger partial charge in [0.05, 0.1) is 24.9 Å². The van der Waals surface area contributed by atoms with E-state index in [1.54, 1.807) is 0 Å². The fourth-order valence-corrected chi connectivity index (χ4v) is 4.01. The van der Waals surface area contributed by atoms with Crippen molar-refractivity contribution in [2.24, 2.45) is 11.1 Å². The quantitative estimate of drug-likeness (QED) is 0.389. The zero-order valence-electron chi connectivity index (χ0n) is 20.1. The number of primary amides is 1. The van der Waals surface area contributed by atoms with Crippen molar-refractivity contribution < 1.29 is 37.4 Å². The van der Waals surface area contributed by atoms with Crippen LogP contribution in [0.1, 0.15) is 12.8 Å². The standard InChI is InChI=1S/C25H21F3N6O5/c26-13-1-3-14(4-2-13)34(23(37)25(5-6-25)22(29)36)18-7-17(28)19(8-16(18)27)39-21-9-20(30-12-31-21)32-24(38)33-10-15(35)11-33/h1-4,7-9,12,15,35H,5-6,10-11H2,(H2,29,36)(H,30,31,32,38). The van der Waals surface area contributed by atoms with Crippen LogP contribution in [0.25, 0.3) is 0 Å². The Hall–Kier alpha value is -4.72. The number of rotatable bonds is 7. The number of likely N-dealkylation sites (tertiary alicyclic amines) is 1. The summed E-state index contributed by atoms with van der Waals surface area (Å²) in [5, 5.41) is 11.8. The molecule has 1 saturated carbocycles. The van der Waals surface area contributed by atoms with Crippen LogP contribution in [0.5, 0.6) is 11.6 Å². The number of ether oxygens (including phenoxy) is 1. The van der Waals surface area contributed by atoms with E-state index in [-0.39, 0.29) is 43.3 Å². The Labute approximate surface area is 219 Å². The van der Waals surface area contributed by atoms with Crippen LogP contribution in [-0.4, -0.2) is 57.0 Å². The zero-order chi connectivity index (χ0) is 27.9. The fraction of sp³-hybridized carbons (Fsp3) is 0.240. The number of urea groups is 1. The number of aliphatic hydroxyl groups excluding tert-OH is 1. The number of aromatic nitrogens is 2. The maximum Gasteiger partial charge on any atom is 0.323 e. The van der Waals surface area contributed by atoms with E-state index < -0.39 is 58.3 Å². The molecule has 0 unspecified atom stereocenters. The van der Waals surface area contributed by atoms with Gasteiger partial charge in [0.2, 0.25) is 17.7 Å². The van der Waals surface area contributed by atoms with Crippen molar-refractivity contribution in [1.29, 1.82) is 0 Å². The maximum atomic E-state index is 15.4. The summed E-state index contributed by atoms with van der Waals surface area (Å²) in [7, 11) is 0. The number of anilines is 3. The van der Waals surface area contributed by atoms with Crippen LogP contribution < -0.4 is 20.7 Å². The number of nitrogens with one attached hydrogen (secondary N) is 1. The Morgan fingerprint density at radius 2 is 1.74 bits per heavy atom. The molecule has 0 atom stereocenters. The molecule has 39 heavy (non-hydrogen) atoms. The molecule has 1 saturated heterocycles. The molecule has 1 aromatic heterocycles. The van der Waals surface area contributed by atoms with Gasteiger partial charge in [0.1, 0.15) is 23.4 Å². The summed E-state index contributed by atoms with van der Waals surface area (Å²) in [4.78, 5) is 47.3. The second kappa shape index (κ2) is 9.87. The van der Waals surface area contributed by atoms with E-state index in [4.69, 9.17) is 10.5 Å². The number of benzene rings is 2. The molecule has 0 spiro atoms. The van der Waals surface area contributed by atoms with Crippen molar-refractivity contribution >= 4 is 35.0 Å². The maximum absolute atomic E-state index is 15.4. The molecule has 2 aromatic carbocycles. The van der Waals surface area contributed by atoms with Gasteiger partial charge < -0.3 is 20.5 Å². The molecule has 1 aliphatic carbocycles. The van der Waals surface area contributed by atoms with Gasteiger partial charge in [-0.25, -0.2) is 27.9 Å². The molecular formula is C25H21F3N6O5. The van der Waals surface area contributed by atoms with Gasteiger partial charge in [0.25, 0.3) is 0 Å². The summed E-state index contributed by atoms with van der Waals surface area (Å²) in [5.41, 5.74) is 3.29. The second-order valence-electron chi connectivity index (χ2n) is 9.13. The van der Waals surface area contributed by atoms with Crippen molar-refractivity contribution in [3.8, 4) is 11.6 Å². The Bertz CT molecular complexity index is 1460. The summed E-state index contributed by atoms with van der Waals surface area (Å²) in [6.07, 6.45) is 0.706. The molecule has 14 heteroatoms. The molecule has 2 aliphatic rings. The summed E-state index contributed by atoms with van der Waals surface area (Å²) >= 11 is 0. The summed E-state index contributed by atoms with van der Waals surface area (Å²) in [5.74, 6) is -5.40. The first-order chi connectivity index (χ1) is 18.6. The monoisotopic (exact) mass is 542 g/mol. The fourth-order valence-electron chi connectivity index (χ4n) is 4.01. The van der Waals surface area contributed by atoms with Crippen LogP contribution >= 0.6 is 0 Å². The third-order valence-electron chi connectivity index (χ3n) is 6.40. The molecule has 2 fully saturated rings. The molecule has 0 radical (unpaired) electrons. The highest BCUT2D eigenvalue weighted by atomic mass is 19.1. The van der Waals surface area contributed by atoms with Crippen molar-refractivity contribution in [3.63, 3.8) is 0 Å². The number of aliphatic hydroxyl groups is 1. The molecule has 5 rings (SSSR count). The highest BCUT2D eigenvalue weighted by Gasteiger charge is 2.57. The lowest BCUT2D eigenvalue weighted by molar-refractivity contribution is -0.133. The van der Waals surface area contributed by atoms with E-state index >= 15 is 8.78 Å². The van der Waals surface area contributed by atoms with Gasteiger partial charge in [-0.2, -0.15) is 0 Å². The largest absolute Gasteiger partial charge is 0.436 e. The molecule has 1 aliphatic heterocycles. The van der Waals surface area contributed by atoms with E-state index in [0.717, 1.165) is 23.4 Å². The average Bonchev–Trinajstić information content (AvgIpc) is 3.69. The third-order valence-corrected chi connectivity index (χ3v) is 6.40. The molecule has 4 amide bonds. The van der Waals surface area contributed by atoms with Crippen molar-refractivity contribution in [1.82, 2.24) is 14.9 Å². The number of hydrogen-bond donors (Lipinski definition) is 3. The smallest absolute Gasteiger partial charge is 0.323 e. The molecule has 4 N–H and O–H groups in total. The van der Waals surface area contributed by atoms with Gasteiger partial charge in [-0.15, -0.1) is 0 Å². The second-order valence-corrected chi connectivity index (χ2v) is 9.13. The van der Waals surface area contributed by atoms with Gasteiger partial charge in [0.15, 0.2) is 17.4 Å². The minimum absolute atomic E-state index is 0.00759. The molecule has 3 aromatic rings. The number of carbonyl (C=O) groups excluding carboxylic acids is 3. The minimum Gasteiger partial charge on any atom is -0.436 e. The van der Waals surface area contributed by atoms with E-state index in [1.807, 2.05) is 0 Å². The molecule has 2 heterocycles. The van der Waals surface area contributed by atoms with Crippen LogP contribution in [0.15, 0.2) is 48.8 Å². The van der Waals surface area contributed by atoms with Crippen molar-refractivity contribution in [3.05, 3.63) is 66.2 Å². The number of halogens is 3. The number of amides is 4. The van der Waals surface area contributed by atoms with Crippen LogP contribution in [0.3, 0.4) is 0 Å². The number of carbonyl (C=O) groups is 3. The number of β-amino-alcohol motifs (C(OH)–C–C–N with tert-alkyl or cyclic N) is 1. The van der Waals surface area contributed by atoms with Crippen LogP contribution in [0.2, 0.25) is 0 Å². The summed E-state index contributed by atoms with van der Waals surface area (Å²) < 4.78 is 49.5. The van der Waals surface area contributed by atoms with E-state index in [2.05, 4.69) is 15.3 Å². The molecule has 0 bridgehead atoms.